The van der Waals surface area contributed by atoms with E-state index in [1.807, 2.05) is 0 Å². The van der Waals surface area contributed by atoms with Gasteiger partial charge in [-0.25, -0.2) is 0 Å². The van der Waals surface area contributed by atoms with E-state index in [-0.39, 0.29) is 5.41 Å². The minimum absolute atomic E-state index is 0.267. The average Bonchev–Trinajstić information content (AvgIpc) is 2.97. The fraction of sp³-hybridized carbons (Fsp3) is 0.400. The maximum Gasteiger partial charge on any atom is 0.0250 e. The van der Waals surface area contributed by atoms with Crippen molar-refractivity contribution >= 4 is 22.0 Å². The smallest absolute Gasteiger partial charge is 0.0250 e. The molecule has 0 fully saturated rings. The lowest BCUT2D eigenvalue weighted by Crippen LogP contribution is -2.06. The molecule has 3 rings (SSSR count). The molecule has 1 aromatic rings. The summed E-state index contributed by atoms with van der Waals surface area (Å²) in [6, 6.07) is 6.58. The van der Waals surface area contributed by atoms with Crippen LogP contribution in [-0.4, -0.2) is 0 Å². The number of fused-ring (bicyclic) bond motifs is 1. The van der Waals surface area contributed by atoms with Crippen molar-refractivity contribution in [2.45, 2.75) is 46.5 Å². The van der Waals surface area contributed by atoms with Gasteiger partial charge in [-0.1, -0.05) is 78.2 Å². The third-order valence-electron chi connectivity index (χ3n) is 4.66. The van der Waals surface area contributed by atoms with Gasteiger partial charge in [0, 0.05) is 10.4 Å². The molecule has 0 amide bonds. The van der Waals surface area contributed by atoms with Crippen LogP contribution in [0.2, 0.25) is 0 Å². The lowest BCUT2D eigenvalue weighted by Gasteiger charge is -2.19. The van der Waals surface area contributed by atoms with Crippen molar-refractivity contribution in [2.24, 2.45) is 5.41 Å². The van der Waals surface area contributed by atoms with Crippen LogP contribution in [0.25, 0.3) is 6.08 Å². The lowest BCUT2D eigenvalue weighted by atomic mass is 9.86. The van der Waals surface area contributed by atoms with Gasteiger partial charge in [0.25, 0.3) is 0 Å². The van der Waals surface area contributed by atoms with Crippen LogP contribution in [0.4, 0.5) is 0 Å². The Balaban J connectivity index is 1.83. The summed E-state index contributed by atoms with van der Waals surface area (Å²) in [5.74, 6) is 0.552. The lowest BCUT2D eigenvalue weighted by molar-refractivity contribution is 0.517. The first kappa shape index (κ1) is 14.8. The summed E-state index contributed by atoms with van der Waals surface area (Å²) in [6.07, 6.45) is 9.47. The Morgan fingerprint density at radius 3 is 2.62 bits per heavy atom. The van der Waals surface area contributed by atoms with Crippen molar-refractivity contribution in [1.29, 1.82) is 0 Å². The van der Waals surface area contributed by atoms with E-state index in [1.165, 1.54) is 26.7 Å². The molecular formula is C20H23Br. The molecule has 1 atom stereocenters. The van der Waals surface area contributed by atoms with E-state index in [9.17, 15) is 0 Å². The van der Waals surface area contributed by atoms with Gasteiger partial charge < -0.3 is 0 Å². The predicted molar refractivity (Wildman–Crippen MR) is 95.4 cm³/mol. The molecule has 0 nitrogen and oxygen atoms in total. The monoisotopic (exact) mass is 342 g/mol. The summed E-state index contributed by atoms with van der Waals surface area (Å²) in [5, 5.41) is 0. The Bertz CT molecular complexity index is 666. The van der Waals surface area contributed by atoms with Crippen LogP contribution in [0.15, 0.2) is 51.5 Å². The van der Waals surface area contributed by atoms with Crippen molar-refractivity contribution in [2.75, 3.05) is 0 Å². The van der Waals surface area contributed by atoms with E-state index in [0.717, 1.165) is 12.8 Å². The Kier molecular flexibility index (Phi) is 3.73. The first-order valence-electron chi connectivity index (χ1n) is 7.73. The summed E-state index contributed by atoms with van der Waals surface area (Å²) in [6.45, 7) is 9.16. The van der Waals surface area contributed by atoms with Gasteiger partial charge in [0.2, 0.25) is 0 Å². The Morgan fingerprint density at radius 2 is 1.95 bits per heavy atom. The zero-order valence-corrected chi connectivity index (χ0v) is 14.9. The highest BCUT2D eigenvalue weighted by Crippen LogP contribution is 2.44. The number of rotatable bonds is 2. The molecule has 0 aliphatic heterocycles. The fourth-order valence-electron chi connectivity index (χ4n) is 3.36. The average molecular weight is 343 g/mol. The van der Waals surface area contributed by atoms with Crippen molar-refractivity contribution in [3.8, 4) is 0 Å². The number of halogens is 1. The minimum atomic E-state index is 0.267. The molecule has 1 aromatic carbocycles. The zero-order chi connectivity index (χ0) is 15.2. The quantitative estimate of drug-likeness (QED) is 0.564. The van der Waals surface area contributed by atoms with Crippen LogP contribution in [0.1, 0.15) is 57.6 Å². The minimum Gasteiger partial charge on any atom is -0.0767 e. The molecule has 1 heteroatoms. The van der Waals surface area contributed by atoms with Gasteiger partial charge >= 0.3 is 0 Å². The van der Waals surface area contributed by atoms with Crippen molar-refractivity contribution in [1.82, 2.24) is 0 Å². The molecule has 0 N–H and O–H groups in total. The zero-order valence-electron chi connectivity index (χ0n) is 13.3. The van der Waals surface area contributed by atoms with E-state index < -0.39 is 0 Å². The molecule has 0 bridgehead atoms. The number of allylic oxidation sites excluding steroid dienone is 5. The molecular weight excluding hydrogens is 320 g/mol. The van der Waals surface area contributed by atoms with Gasteiger partial charge in [-0.15, -0.1) is 0 Å². The van der Waals surface area contributed by atoms with Crippen LogP contribution in [0.5, 0.6) is 0 Å². The van der Waals surface area contributed by atoms with Crippen LogP contribution < -0.4 is 0 Å². The molecule has 2 aliphatic rings. The molecule has 0 radical (unpaired) electrons. The largest absolute Gasteiger partial charge is 0.0767 e. The van der Waals surface area contributed by atoms with Gasteiger partial charge in [0.15, 0.2) is 0 Å². The van der Waals surface area contributed by atoms with Crippen molar-refractivity contribution < 1.29 is 0 Å². The Hall–Kier alpha value is -1.08. The van der Waals surface area contributed by atoms with Crippen LogP contribution >= 0.6 is 15.9 Å². The second-order valence-corrected chi connectivity index (χ2v) is 8.16. The normalized spacial score (nSPS) is 21.0. The third kappa shape index (κ3) is 2.81. The second-order valence-electron chi connectivity index (χ2n) is 7.30. The topological polar surface area (TPSA) is 0 Å². The number of benzene rings is 1. The third-order valence-corrected chi connectivity index (χ3v) is 5.35. The maximum absolute atomic E-state index is 3.68. The van der Waals surface area contributed by atoms with E-state index >= 15 is 0 Å². The summed E-state index contributed by atoms with van der Waals surface area (Å²) >= 11 is 3.68. The summed E-state index contributed by atoms with van der Waals surface area (Å²) < 4.78 is 1.22. The van der Waals surface area contributed by atoms with Crippen LogP contribution in [0, 0.1) is 5.41 Å². The molecule has 0 saturated carbocycles. The summed E-state index contributed by atoms with van der Waals surface area (Å²) in [4.78, 5) is 0. The fourth-order valence-corrected chi connectivity index (χ4v) is 3.86. The molecule has 110 valence electrons. The van der Waals surface area contributed by atoms with Gasteiger partial charge in [-0.2, -0.15) is 0 Å². The van der Waals surface area contributed by atoms with E-state index in [2.05, 4.69) is 80.1 Å². The van der Waals surface area contributed by atoms with E-state index in [4.69, 9.17) is 0 Å². The standard InChI is InChI=1S/C20H23Br/c1-13-10-18-16(6-5-7-19(18)21)17(13)12-14-8-9-15(11-14)20(2,3)4/h5-7,9-11,17H,8,12H2,1-4H3. The molecule has 0 saturated heterocycles. The summed E-state index contributed by atoms with van der Waals surface area (Å²) in [7, 11) is 0. The van der Waals surface area contributed by atoms with Gasteiger partial charge in [-0.3, -0.25) is 0 Å². The molecule has 21 heavy (non-hydrogen) atoms. The highest BCUT2D eigenvalue weighted by molar-refractivity contribution is 9.10. The van der Waals surface area contributed by atoms with Gasteiger partial charge in [0.1, 0.15) is 0 Å². The number of hydrogen-bond donors (Lipinski definition) is 0. The molecule has 1 unspecified atom stereocenters. The van der Waals surface area contributed by atoms with E-state index in [0.29, 0.717) is 5.92 Å². The summed E-state index contributed by atoms with van der Waals surface area (Å²) in [5.41, 5.74) is 7.68. The van der Waals surface area contributed by atoms with Crippen LogP contribution in [0.3, 0.4) is 0 Å². The SMILES string of the molecule is CC1=Cc2c(Br)cccc2C1CC1=CC(C(C)(C)C)=CC1. The molecule has 0 aromatic heterocycles. The van der Waals surface area contributed by atoms with E-state index in [1.54, 1.807) is 5.57 Å². The Labute approximate surface area is 136 Å². The van der Waals surface area contributed by atoms with Gasteiger partial charge in [-0.05, 0) is 47.9 Å². The first-order chi connectivity index (χ1) is 9.86. The molecule has 0 heterocycles. The molecule has 2 aliphatic carbocycles. The van der Waals surface area contributed by atoms with Crippen molar-refractivity contribution in [3.05, 3.63) is 62.7 Å². The highest BCUT2D eigenvalue weighted by Gasteiger charge is 2.26. The second kappa shape index (κ2) is 5.28. The molecule has 0 spiro atoms. The Morgan fingerprint density at radius 1 is 1.19 bits per heavy atom. The maximum atomic E-state index is 3.68. The first-order valence-corrected chi connectivity index (χ1v) is 8.52. The van der Waals surface area contributed by atoms with Crippen molar-refractivity contribution in [3.63, 3.8) is 0 Å². The van der Waals surface area contributed by atoms with Gasteiger partial charge in [0.05, 0.1) is 0 Å². The number of hydrogen-bond acceptors (Lipinski definition) is 0. The predicted octanol–water partition coefficient (Wildman–Crippen LogP) is 6.64. The van der Waals surface area contributed by atoms with Crippen LogP contribution in [-0.2, 0) is 0 Å². The highest BCUT2D eigenvalue weighted by atomic mass is 79.9.